The second-order valence-corrected chi connectivity index (χ2v) is 5.69. The highest BCUT2D eigenvalue weighted by atomic mass is 35.5. The highest BCUT2D eigenvalue weighted by Gasteiger charge is 2.43. The molecule has 22 heavy (non-hydrogen) atoms. The Kier molecular flexibility index (Phi) is 4.11. The van der Waals surface area contributed by atoms with Crippen molar-refractivity contribution in [2.24, 2.45) is 5.92 Å². The fraction of sp³-hybridized carbons (Fsp3) is 0.267. The number of hydrogen-bond acceptors (Lipinski definition) is 3. The van der Waals surface area contributed by atoms with Crippen LogP contribution in [0.25, 0.3) is 0 Å². The molecular formula is C15H15ClN4O2. The van der Waals surface area contributed by atoms with Gasteiger partial charge < -0.3 is 10.6 Å². The van der Waals surface area contributed by atoms with Crippen molar-refractivity contribution in [1.82, 2.24) is 15.5 Å². The molecule has 114 valence electrons. The van der Waals surface area contributed by atoms with Crippen LogP contribution in [0, 0.1) is 5.92 Å². The van der Waals surface area contributed by atoms with Crippen molar-refractivity contribution in [3.8, 4) is 0 Å². The van der Waals surface area contributed by atoms with Gasteiger partial charge in [0.1, 0.15) is 0 Å². The average Bonchev–Trinajstić information content (AvgIpc) is 3.15. The number of anilines is 1. The van der Waals surface area contributed by atoms with E-state index in [1.807, 2.05) is 24.3 Å². The summed E-state index contributed by atoms with van der Waals surface area (Å²) in [5.74, 6) is -0.224. The minimum Gasteiger partial charge on any atom is -0.347 e. The molecule has 1 aliphatic carbocycles. The number of nitrogens with one attached hydrogen (secondary N) is 3. The van der Waals surface area contributed by atoms with Gasteiger partial charge in [0.2, 0.25) is 11.8 Å². The van der Waals surface area contributed by atoms with Gasteiger partial charge in [0.25, 0.3) is 0 Å². The predicted molar refractivity (Wildman–Crippen MR) is 82.5 cm³/mol. The Labute approximate surface area is 132 Å². The number of hydrogen-bond donors (Lipinski definition) is 3. The first-order valence-corrected chi connectivity index (χ1v) is 7.33. The lowest BCUT2D eigenvalue weighted by molar-refractivity contribution is -0.125. The molecule has 2 amide bonds. The van der Waals surface area contributed by atoms with Crippen molar-refractivity contribution in [2.45, 2.75) is 12.3 Å². The van der Waals surface area contributed by atoms with Crippen LogP contribution in [-0.4, -0.2) is 28.6 Å². The maximum Gasteiger partial charge on any atom is 0.243 e. The van der Waals surface area contributed by atoms with Crippen LogP contribution in [0.15, 0.2) is 36.7 Å². The van der Waals surface area contributed by atoms with E-state index in [0.717, 1.165) is 12.0 Å². The molecule has 3 rings (SSSR count). The standard InChI is InChI=1S/C15H15ClN4O2/c16-10-3-1-9(2-4-10)12-5-13(12)15(22)17-8-14(21)20-11-6-18-19-7-11/h1-4,6-7,12-13H,5,8H2,(H,17,22)(H,18,19)(H,20,21)/t12-,13-/m0/s1. The van der Waals surface area contributed by atoms with E-state index in [0.29, 0.717) is 10.7 Å². The van der Waals surface area contributed by atoms with Gasteiger partial charge in [-0.2, -0.15) is 5.10 Å². The van der Waals surface area contributed by atoms with E-state index in [1.165, 1.54) is 6.20 Å². The summed E-state index contributed by atoms with van der Waals surface area (Å²) < 4.78 is 0. The van der Waals surface area contributed by atoms with Crippen molar-refractivity contribution >= 4 is 29.1 Å². The molecule has 2 aromatic rings. The molecule has 1 aromatic carbocycles. The zero-order valence-electron chi connectivity index (χ0n) is 11.7. The second-order valence-electron chi connectivity index (χ2n) is 5.25. The first-order valence-electron chi connectivity index (χ1n) is 6.95. The molecule has 7 heteroatoms. The lowest BCUT2D eigenvalue weighted by atomic mass is 10.1. The summed E-state index contributed by atoms with van der Waals surface area (Å²) in [6.07, 6.45) is 3.87. The van der Waals surface area contributed by atoms with Crippen molar-refractivity contribution in [2.75, 3.05) is 11.9 Å². The maximum absolute atomic E-state index is 12.0. The third kappa shape index (κ3) is 3.46. The number of rotatable bonds is 5. The SMILES string of the molecule is O=C(CNC(=O)[C@H]1C[C@H]1c1ccc(Cl)cc1)Nc1cn[nH]c1. The summed E-state index contributed by atoms with van der Waals surface area (Å²) >= 11 is 5.85. The van der Waals surface area contributed by atoms with Gasteiger partial charge in [-0.15, -0.1) is 0 Å². The van der Waals surface area contributed by atoms with Crippen LogP contribution in [0.4, 0.5) is 5.69 Å². The van der Waals surface area contributed by atoms with Gasteiger partial charge >= 0.3 is 0 Å². The Bertz CT molecular complexity index is 669. The molecule has 1 aliphatic rings. The Morgan fingerprint density at radius 2 is 2.09 bits per heavy atom. The summed E-state index contributed by atoms with van der Waals surface area (Å²) in [5.41, 5.74) is 1.68. The third-order valence-electron chi connectivity index (χ3n) is 3.63. The van der Waals surface area contributed by atoms with Crippen LogP contribution in [0.3, 0.4) is 0 Å². The van der Waals surface area contributed by atoms with E-state index in [9.17, 15) is 9.59 Å². The molecule has 0 spiro atoms. The molecule has 1 fully saturated rings. The number of benzene rings is 1. The first kappa shape index (κ1) is 14.6. The lowest BCUT2D eigenvalue weighted by Gasteiger charge is -2.05. The lowest BCUT2D eigenvalue weighted by Crippen LogP contribution is -2.34. The second kappa shape index (κ2) is 6.19. The molecule has 2 atom stereocenters. The highest BCUT2D eigenvalue weighted by Crippen LogP contribution is 2.47. The molecule has 0 saturated heterocycles. The summed E-state index contributed by atoms with van der Waals surface area (Å²) in [5, 5.41) is 12.3. The van der Waals surface area contributed by atoms with Gasteiger partial charge in [0.05, 0.1) is 18.4 Å². The first-order chi connectivity index (χ1) is 10.6. The average molecular weight is 319 g/mol. The molecule has 0 aliphatic heterocycles. The predicted octanol–water partition coefficient (Wildman–Crippen LogP) is 1.92. The molecule has 1 heterocycles. The minimum absolute atomic E-state index is 0.0478. The van der Waals surface area contributed by atoms with Crippen molar-refractivity contribution in [3.05, 3.63) is 47.2 Å². The summed E-state index contributed by atoms with van der Waals surface area (Å²) in [6, 6.07) is 7.52. The number of carbonyl (C=O) groups is 2. The van der Waals surface area contributed by atoms with Crippen molar-refractivity contribution in [1.29, 1.82) is 0 Å². The molecule has 3 N–H and O–H groups in total. The molecule has 1 aromatic heterocycles. The van der Waals surface area contributed by atoms with Crippen LogP contribution < -0.4 is 10.6 Å². The van der Waals surface area contributed by atoms with Gasteiger partial charge in [-0.25, -0.2) is 0 Å². The molecule has 0 bridgehead atoms. The Balaban J connectivity index is 1.45. The van der Waals surface area contributed by atoms with E-state index in [4.69, 9.17) is 11.6 Å². The number of amides is 2. The largest absolute Gasteiger partial charge is 0.347 e. The van der Waals surface area contributed by atoms with E-state index in [-0.39, 0.29) is 30.2 Å². The van der Waals surface area contributed by atoms with Gasteiger partial charge in [0, 0.05) is 17.1 Å². The van der Waals surface area contributed by atoms with Gasteiger partial charge in [-0.05, 0) is 30.0 Å². The normalized spacial score (nSPS) is 19.5. The molecule has 6 nitrogen and oxygen atoms in total. The van der Waals surface area contributed by atoms with Crippen LogP contribution in [-0.2, 0) is 9.59 Å². The van der Waals surface area contributed by atoms with E-state index in [2.05, 4.69) is 20.8 Å². The van der Waals surface area contributed by atoms with Crippen molar-refractivity contribution in [3.63, 3.8) is 0 Å². The minimum atomic E-state index is -0.279. The molecule has 1 saturated carbocycles. The molecule has 0 radical (unpaired) electrons. The third-order valence-corrected chi connectivity index (χ3v) is 3.88. The Morgan fingerprint density at radius 1 is 1.32 bits per heavy atom. The maximum atomic E-state index is 12.0. The number of nitrogens with zero attached hydrogens (tertiary/aromatic N) is 1. The fourth-order valence-electron chi connectivity index (χ4n) is 2.39. The summed E-state index contributed by atoms with van der Waals surface area (Å²) in [4.78, 5) is 23.7. The van der Waals surface area contributed by atoms with E-state index in [1.54, 1.807) is 6.20 Å². The van der Waals surface area contributed by atoms with E-state index < -0.39 is 0 Å². The zero-order valence-corrected chi connectivity index (χ0v) is 12.4. The smallest absolute Gasteiger partial charge is 0.243 e. The van der Waals surface area contributed by atoms with Crippen molar-refractivity contribution < 1.29 is 9.59 Å². The summed E-state index contributed by atoms with van der Waals surface area (Å²) in [7, 11) is 0. The van der Waals surface area contributed by atoms with Crippen LogP contribution >= 0.6 is 11.6 Å². The fourth-order valence-corrected chi connectivity index (χ4v) is 2.51. The monoisotopic (exact) mass is 318 g/mol. The molecular weight excluding hydrogens is 304 g/mol. The van der Waals surface area contributed by atoms with Gasteiger partial charge in [-0.3, -0.25) is 14.7 Å². The topological polar surface area (TPSA) is 86.9 Å². The quantitative estimate of drug-likeness (QED) is 0.787. The Morgan fingerprint density at radius 3 is 2.77 bits per heavy atom. The highest BCUT2D eigenvalue weighted by molar-refractivity contribution is 6.30. The van der Waals surface area contributed by atoms with Crippen LogP contribution in [0.2, 0.25) is 5.02 Å². The summed E-state index contributed by atoms with van der Waals surface area (Å²) in [6.45, 7) is -0.0478. The number of carbonyl (C=O) groups excluding carboxylic acids is 2. The van der Waals surface area contributed by atoms with Gasteiger partial charge in [-0.1, -0.05) is 23.7 Å². The number of halogens is 1. The Hall–Kier alpha value is -2.34. The van der Waals surface area contributed by atoms with Crippen LogP contribution in [0.1, 0.15) is 17.9 Å². The van der Waals surface area contributed by atoms with Crippen LogP contribution in [0.5, 0.6) is 0 Å². The molecule has 0 unspecified atom stereocenters. The number of H-pyrrole nitrogens is 1. The van der Waals surface area contributed by atoms with E-state index >= 15 is 0 Å². The number of aromatic amines is 1. The van der Waals surface area contributed by atoms with Gasteiger partial charge in [0.15, 0.2) is 0 Å². The zero-order chi connectivity index (χ0) is 15.5. The number of aromatic nitrogens is 2.